The Morgan fingerprint density at radius 3 is 2.56 bits per heavy atom. The first kappa shape index (κ1) is 13.9. The average molecular weight is 302 g/mol. The maximum absolute atomic E-state index is 6.23. The fourth-order valence-corrected chi connectivity index (χ4v) is 4.14. The predicted octanol–water partition coefficient (Wildman–Crippen LogP) is 3.86. The van der Waals surface area contributed by atoms with E-state index in [1.807, 2.05) is 18.5 Å². The van der Waals surface area contributed by atoms with Crippen molar-refractivity contribution in [3.05, 3.63) is 31.9 Å². The molecular formula is C12H16ClN3S2. The van der Waals surface area contributed by atoms with Gasteiger partial charge in [-0.3, -0.25) is 0 Å². The van der Waals surface area contributed by atoms with Crippen molar-refractivity contribution in [1.82, 2.24) is 14.9 Å². The molecule has 2 rings (SSSR count). The summed E-state index contributed by atoms with van der Waals surface area (Å²) < 4.78 is 4.11. The molecule has 6 heteroatoms. The Kier molecular flexibility index (Phi) is 4.06. The molecule has 0 fully saturated rings. The molecule has 3 nitrogen and oxygen atoms in total. The van der Waals surface area contributed by atoms with Crippen LogP contribution in [0.3, 0.4) is 0 Å². The summed E-state index contributed by atoms with van der Waals surface area (Å²) in [5.41, 5.74) is 1.03. The Labute approximate surface area is 120 Å². The highest BCUT2D eigenvalue weighted by molar-refractivity contribution is 7.11. The quantitative estimate of drug-likeness (QED) is 0.935. The Bertz CT molecular complexity index is 527. The van der Waals surface area contributed by atoms with Crippen molar-refractivity contribution < 1.29 is 0 Å². The number of hydrogen-bond donors (Lipinski definition) is 1. The first-order chi connectivity index (χ1) is 8.45. The van der Waals surface area contributed by atoms with Crippen LogP contribution in [0.5, 0.6) is 0 Å². The summed E-state index contributed by atoms with van der Waals surface area (Å²) in [4.78, 5) is 2.27. The van der Waals surface area contributed by atoms with Gasteiger partial charge in [-0.15, -0.1) is 16.4 Å². The number of halogens is 1. The predicted molar refractivity (Wildman–Crippen MR) is 78.8 cm³/mol. The molecule has 0 bridgehead atoms. The van der Waals surface area contributed by atoms with Gasteiger partial charge in [0.2, 0.25) is 0 Å². The Balaban J connectivity index is 2.47. The van der Waals surface area contributed by atoms with Crippen molar-refractivity contribution in [2.75, 3.05) is 7.05 Å². The van der Waals surface area contributed by atoms with Crippen molar-refractivity contribution in [2.45, 2.75) is 32.2 Å². The van der Waals surface area contributed by atoms with Gasteiger partial charge in [0.1, 0.15) is 0 Å². The first-order valence-electron chi connectivity index (χ1n) is 5.68. The Morgan fingerprint density at radius 1 is 1.33 bits per heavy atom. The summed E-state index contributed by atoms with van der Waals surface area (Å²) in [6, 6.07) is 2.00. The Hall–Kier alpha value is -0.490. The van der Waals surface area contributed by atoms with Gasteiger partial charge in [0.25, 0.3) is 0 Å². The molecule has 18 heavy (non-hydrogen) atoms. The maximum Gasteiger partial charge on any atom is 0.0860 e. The van der Waals surface area contributed by atoms with E-state index in [1.165, 1.54) is 11.5 Å². The largest absolute Gasteiger partial charge is 0.308 e. The summed E-state index contributed by atoms with van der Waals surface area (Å²) >= 11 is 9.33. The standard InChI is InChI=1S/C12H16ClN3S2/c1-12(2,3)11-10(18-16-15-11)8(14-4)9-7(13)5-6-17-9/h5-6,8,14H,1-4H3. The maximum atomic E-state index is 6.23. The number of nitrogens with zero attached hydrogens (tertiary/aromatic N) is 2. The molecule has 1 unspecified atom stereocenters. The highest BCUT2D eigenvalue weighted by atomic mass is 35.5. The third kappa shape index (κ3) is 2.59. The molecule has 0 aliphatic carbocycles. The number of nitrogens with one attached hydrogen (secondary N) is 1. The topological polar surface area (TPSA) is 37.8 Å². The van der Waals surface area contributed by atoms with Gasteiger partial charge in [-0.1, -0.05) is 36.9 Å². The van der Waals surface area contributed by atoms with Crippen LogP contribution in [0.1, 0.15) is 42.3 Å². The van der Waals surface area contributed by atoms with E-state index in [4.69, 9.17) is 11.6 Å². The molecule has 2 aromatic rings. The summed E-state index contributed by atoms with van der Waals surface area (Å²) in [5, 5.41) is 10.4. The van der Waals surface area contributed by atoms with Crippen LogP contribution in [-0.2, 0) is 5.41 Å². The van der Waals surface area contributed by atoms with Crippen LogP contribution in [0, 0.1) is 0 Å². The smallest absolute Gasteiger partial charge is 0.0860 e. The highest BCUT2D eigenvalue weighted by Gasteiger charge is 2.28. The molecule has 2 aromatic heterocycles. The van der Waals surface area contributed by atoms with Crippen LogP contribution >= 0.6 is 34.5 Å². The zero-order valence-corrected chi connectivity index (χ0v) is 13.2. The minimum absolute atomic E-state index is 0.0127. The molecule has 0 aliphatic rings. The van der Waals surface area contributed by atoms with Crippen molar-refractivity contribution >= 4 is 34.5 Å². The SMILES string of the molecule is CNC(c1sccc1Cl)c1snnc1C(C)(C)C. The fraction of sp³-hybridized carbons (Fsp3) is 0.500. The van der Waals surface area contributed by atoms with Gasteiger partial charge >= 0.3 is 0 Å². The molecule has 0 spiro atoms. The molecular weight excluding hydrogens is 286 g/mol. The zero-order valence-electron chi connectivity index (χ0n) is 10.8. The lowest BCUT2D eigenvalue weighted by Crippen LogP contribution is -2.21. The fourth-order valence-electron chi connectivity index (χ4n) is 1.80. The van der Waals surface area contributed by atoms with Gasteiger partial charge in [-0.05, 0) is 30.0 Å². The van der Waals surface area contributed by atoms with Crippen molar-refractivity contribution in [2.24, 2.45) is 0 Å². The van der Waals surface area contributed by atoms with Crippen molar-refractivity contribution in [3.63, 3.8) is 0 Å². The van der Waals surface area contributed by atoms with Gasteiger partial charge < -0.3 is 5.32 Å². The molecule has 0 amide bonds. The van der Waals surface area contributed by atoms with Gasteiger partial charge in [0, 0.05) is 10.3 Å². The first-order valence-corrected chi connectivity index (χ1v) is 7.71. The van der Waals surface area contributed by atoms with E-state index in [1.54, 1.807) is 11.3 Å². The van der Waals surface area contributed by atoms with Crippen molar-refractivity contribution in [3.8, 4) is 0 Å². The van der Waals surface area contributed by atoms with Crippen LogP contribution in [0.4, 0.5) is 0 Å². The molecule has 0 radical (unpaired) electrons. The Morgan fingerprint density at radius 2 is 2.06 bits per heavy atom. The second kappa shape index (κ2) is 5.25. The monoisotopic (exact) mass is 301 g/mol. The number of thiophene rings is 1. The van der Waals surface area contributed by atoms with Gasteiger partial charge in [0.15, 0.2) is 0 Å². The van der Waals surface area contributed by atoms with E-state index in [2.05, 4.69) is 35.7 Å². The van der Waals surface area contributed by atoms with Crippen LogP contribution in [0.25, 0.3) is 0 Å². The second-order valence-electron chi connectivity index (χ2n) is 5.09. The lowest BCUT2D eigenvalue weighted by molar-refractivity contribution is 0.550. The third-order valence-electron chi connectivity index (χ3n) is 2.68. The summed E-state index contributed by atoms with van der Waals surface area (Å²) in [6.45, 7) is 6.45. The number of rotatable bonds is 3. The van der Waals surface area contributed by atoms with Gasteiger partial charge in [-0.25, -0.2) is 0 Å². The molecule has 0 saturated carbocycles. The van der Waals surface area contributed by atoms with E-state index in [9.17, 15) is 0 Å². The number of hydrogen-bond acceptors (Lipinski definition) is 5. The summed E-state index contributed by atoms with van der Waals surface area (Å²) in [7, 11) is 1.94. The summed E-state index contributed by atoms with van der Waals surface area (Å²) in [6.07, 6.45) is 0. The molecule has 2 heterocycles. The zero-order chi connectivity index (χ0) is 13.3. The molecule has 98 valence electrons. The van der Waals surface area contributed by atoms with E-state index >= 15 is 0 Å². The van der Waals surface area contributed by atoms with Crippen LogP contribution in [0.15, 0.2) is 11.4 Å². The summed E-state index contributed by atoms with van der Waals surface area (Å²) in [5.74, 6) is 0. The van der Waals surface area contributed by atoms with Gasteiger partial charge in [0.05, 0.1) is 21.6 Å². The van der Waals surface area contributed by atoms with E-state index in [-0.39, 0.29) is 11.5 Å². The van der Waals surface area contributed by atoms with Crippen LogP contribution in [0.2, 0.25) is 5.02 Å². The molecule has 0 saturated heterocycles. The van der Waals surface area contributed by atoms with Crippen molar-refractivity contribution in [1.29, 1.82) is 0 Å². The van der Waals surface area contributed by atoms with E-state index in [0.29, 0.717) is 0 Å². The highest BCUT2D eigenvalue weighted by Crippen LogP contribution is 2.38. The minimum Gasteiger partial charge on any atom is -0.308 e. The molecule has 0 aromatic carbocycles. The molecule has 1 atom stereocenters. The van der Waals surface area contributed by atoms with Crippen LogP contribution in [-0.4, -0.2) is 16.6 Å². The van der Waals surface area contributed by atoms with E-state index < -0.39 is 0 Å². The molecule has 1 N–H and O–H groups in total. The lowest BCUT2D eigenvalue weighted by Gasteiger charge is -2.21. The second-order valence-corrected chi connectivity index (χ2v) is 7.23. The normalized spacial score (nSPS) is 13.8. The average Bonchev–Trinajstić information content (AvgIpc) is 2.89. The minimum atomic E-state index is -0.0127. The van der Waals surface area contributed by atoms with E-state index in [0.717, 1.165) is 20.5 Å². The van der Waals surface area contributed by atoms with Crippen LogP contribution < -0.4 is 5.32 Å². The number of aromatic nitrogens is 2. The third-order valence-corrected chi connectivity index (χ3v) is 4.89. The lowest BCUT2D eigenvalue weighted by atomic mass is 9.90. The van der Waals surface area contributed by atoms with Gasteiger partial charge in [-0.2, -0.15) is 0 Å². The molecule has 0 aliphatic heterocycles.